The second kappa shape index (κ2) is 54.7. The fourth-order valence-corrected chi connectivity index (χ4v) is 10.7. The Kier molecular flexibility index (Phi) is 53.4. The SMILES string of the molecule is CCCCCCCCCCCCC(=O)O[C@H](COC(=O)CCCCCCCCC)COP(=O)(O)OC[C@H](O)COP(=O)(O)OC[C@@H](COC(=O)CCCCCCCCC(C)CC)OC(=O)CCCCCCCCCCCCCC(C)C. The summed E-state index contributed by atoms with van der Waals surface area (Å²) in [4.78, 5) is 72.0. The second-order valence-corrected chi connectivity index (χ2v) is 26.1. The van der Waals surface area contributed by atoms with Crippen LogP contribution in [0.2, 0.25) is 0 Å². The summed E-state index contributed by atoms with van der Waals surface area (Å²) in [5.74, 6) is -0.645. The number of ether oxygens (including phenoxy) is 4. The number of carbonyl (C=O) groups excluding carboxylic acids is 4. The van der Waals surface area contributed by atoms with Crippen LogP contribution in [0.15, 0.2) is 0 Å². The molecule has 3 unspecified atom stereocenters. The highest BCUT2D eigenvalue weighted by Gasteiger charge is 2.30. The summed E-state index contributed by atoms with van der Waals surface area (Å²) >= 11 is 0. The van der Waals surface area contributed by atoms with E-state index in [9.17, 15) is 43.2 Å². The fourth-order valence-electron chi connectivity index (χ4n) is 9.15. The number of rotatable bonds is 61. The first-order valence-electron chi connectivity index (χ1n) is 32.5. The monoisotopic (exact) mass is 1200 g/mol. The van der Waals surface area contributed by atoms with Crippen LogP contribution in [0.3, 0.4) is 0 Å². The second-order valence-electron chi connectivity index (χ2n) is 23.2. The van der Waals surface area contributed by atoms with E-state index in [1.165, 1.54) is 103 Å². The van der Waals surface area contributed by atoms with E-state index in [-0.39, 0.29) is 25.7 Å². The van der Waals surface area contributed by atoms with Crippen LogP contribution < -0.4 is 0 Å². The lowest BCUT2D eigenvalue weighted by Gasteiger charge is -2.21. The van der Waals surface area contributed by atoms with Crippen LogP contribution in [0.4, 0.5) is 0 Å². The van der Waals surface area contributed by atoms with Gasteiger partial charge in [-0.25, -0.2) is 9.13 Å². The smallest absolute Gasteiger partial charge is 0.462 e. The highest BCUT2D eigenvalue weighted by molar-refractivity contribution is 7.47. The predicted octanol–water partition coefficient (Wildman–Crippen LogP) is 16.9. The largest absolute Gasteiger partial charge is 0.472 e. The number of esters is 4. The summed E-state index contributed by atoms with van der Waals surface area (Å²) in [7, 11) is -9.88. The van der Waals surface area contributed by atoms with Crippen LogP contribution in [0.25, 0.3) is 0 Å². The van der Waals surface area contributed by atoms with Crippen LogP contribution >= 0.6 is 15.6 Å². The molecule has 480 valence electrons. The molecule has 0 rings (SSSR count). The Bertz CT molecular complexity index is 1600. The molecule has 0 bridgehead atoms. The molecule has 0 aromatic heterocycles. The Labute approximate surface area is 492 Å². The number of carbonyl (C=O) groups is 4. The molecular formula is C62H120O17P2. The number of phosphoric acid groups is 2. The van der Waals surface area contributed by atoms with Gasteiger partial charge in [0.25, 0.3) is 0 Å². The number of aliphatic hydroxyl groups excluding tert-OH is 1. The van der Waals surface area contributed by atoms with Crippen molar-refractivity contribution in [2.45, 2.75) is 323 Å². The molecule has 17 nitrogen and oxygen atoms in total. The maximum absolute atomic E-state index is 13.0. The quantitative estimate of drug-likeness (QED) is 0.0222. The average molecular weight is 1200 g/mol. The van der Waals surface area contributed by atoms with Crippen molar-refractivity contribution in [2.24, 2.45) is 11.8 Å². The zero-order valence-corrected chi connectivity index (χ0v) is 53.9. The molecule has 0 spiro atoms. The van der Waals surface area contributed by atoms with Crippen LogP contribution in [0.1, 0.15) is 305 Å². The zero-order chi connectivity index (χ0) is 60.1. The first-order chi connectivity index (χ1) is 38.9. The molecule has 0 fully saturated rings. The molecule has 3 N–H and O–H groups in total. The van der Waals surface area contributed by atoms with E-state index < -0.39 is 97.5 Å². The van der Waals surface area contributed by atoms with E-state index in [2.05, 4.69) is 41.5 Å². The molecule has 6 atom stereocenters. The van der Waals surface area contributed by atoms with Gasteiger partial charge < -0.3 is 33.8 Å². The number of hydrogen-bond donors (Lipinski definition) is 3. The van der Waals surface area contributed by atoms with Gasteiger partial charge in [-0.2, -0.15) is 0 Å². The average Bonchev–Trinajstić information content (AvgIpc) is 3.43. The van der Waals surface area contributed by atoms with Gasteiger partial charge in [-0.1, -0.05) is 253 Å². The Balaban J connectivity index is 5.22. The standard InChI is InChI=1S/C62H120O17P2/c1-7-10-12-14-16-17-22-26-34-40-46-61(66)78-57(50-72-59(64)44-38-32-24-15-13-11-8-2)52-76-80(68,69)74-48-56(63)49-75-81(70,71)77-53-58(51-73-60(65)45-39-33-29-28-31-37-43-55(6)9-3)79-62(67)47-41-35-27-23-20-18-19-21-25-30-36-42-54(4)5/h54-58,63H,7-53H2,1-6H3,(H,68,69)(H,70,71)/t55?,56-,57+,58+/m0/s1. The maximum Gasteiger partial charge on any atom is 0.472 e. The van der Waals surface area contributed by atoms with Gasteiger partial charge in [-0.3, -0.25) is 37.3 Å². The lowest BCUT2D eigenvalue weighted by Crippen LogP contribution is -2.30. The third-order valence-corrected chi connectivity index (χ3v) is 16.5. The summed E-state index contributed by atoms with van der Waals surface area (Å²) in [5.41, 5.74) is 0. The molecule has 0 saturated carbocycles. The number of unbranched alkanes of at least 4 members (excludes halogenated alkanes) is 30. The molecule has 0 aliphatic heterocycles. The van der Waals surface area contributed by atoms with Crippen LogP contribution in [0, 0.1) is 11.8 Å². The van der Waals surface area contributed by atoms with Gasteiger partial charge in [0.15, 0.2) is 12.2 Å². The van der Waals surface area contributed by atoms with Gasteiger partial charge in [-0.05, 0) is 37.5 Å². The van der Waals surface area contributed by atoms with Gasteiger partial charge in [0.1, 0.15) is 19.3 Å². The maximum atomic E-state index is 13.0. The van der Waals surface area contributed by atoms with Crippen molar-refractivity contribution in [2.75, 3.05) is 39.6 Å². The topological polar surface area (TPSA) is 237 Å². The summed E-state index contributed by atoms with van der Waals surface area (Å²) in [6.07, 6.45) is 36.3. The van der Waals surface area contributed by atoms with Gasteiger partial charge in [0.05, 0.1) is 26.4 Å². The van der Waals surface area contributed by atoms with Gasteiger partial charge in [-0.15, -0.1) is 0 Å². The summed E-state index contributed by atoms with van der Waals surface area (Å²) < 4.78 is 67.8. The molecule has 81 heavy (non-hydrogen) atoms. The highest BCUT2D eigenvalue weighted by atomic mass is 31.2. The summed E-state index contributed by atoms with van der Waals surface area (Å²) in [5, 5.41) is 10.5. The van der Waals surface area contributed by atoms with E-state index in [0.717, 1.165) is 121 Å². The lowest BCUT2D eigenvalue weighted by atomic mass is 10.00. The highest BCUT2D eigenvalue weighted by Crippen LogP contribution is 2.45. The van der Waals surface area contributed by atoms with Gasteiger partial charge >= 0.3 is 39.5 Å². The van der Waals surface area contributed by atoms with Crippen molar-refractivity contribution >= 4 is 39.5 Å². The van der Waals surface area contributed by atoms with Crippen molar-refractivity contribution in [3.63, 3.8) is 0 Å². The lowest BCUT2D eigenvalue weighted by molar-refractivity contribution is -0.161. The molecule has 19 heteroatoms. The predicted molar refractivity (Wildman–Crippen MR) is 321 cm³/mol. The fraction of sp³-hybridized carbons (Fsp3) is 0.935. The zero-order valence-electron chi connectivity index (χ0n) is 52.1. The van der Waals surface area contributed by atoms with Crippen molar-refractivity contribution in [3.8, 4) is 0 Å². The van der Waals surface area contributed by atoms with Crippen LogP contribution in [-0.4, -0.2) is 96.7 Å². The summed E-state index contributed by atoms with van der Waals surface area (Å²) in [6.45, 7) is 9.39. The molecule has 0 heterocycles. The van der Waals surface area contributed by atoms with Crippen LogP contribution in [0.5, 0.6) is 0 Å². The summed E-state index contributed by atoms with van der Waals surface area (Å²) in [6, 6.07) is 0. The molecule has 0 aromatic carbocycles. The molecular weight excluding hydrogens is 1080 g/mol. The first kappa shape index (κ1) is 79.1. The first-order valence-corrected chi connectivity index (χ1v) is 35.5. The number of hydrogen-bond acceptors (Lipinski definition) is 15. The Morgan fingerprint density at radius 3 is 0.938 bits per heavy atom. The van der Waals surface area contributed by atoms with E-state index in [1.807, 2.05) is 0 Å². The minimum Gasteiger partial charge on any atom is -0.462 e. The van der Waals surface area contributed by atoms with Gasteiger partial charge in [0.2, 0.25) is 0 Å². The third kappa shape index (κ3) is 55.7. The Hall–Kier alpha value is -1.94. The van der Waals surface area contributed by atoms with Gasteiger partial charge in [0, 0.05) is 25.7 Å². The normalized spacial score (nSPS) is 14.7. The number of phosphoric ester groups is 2. The third-order valence-electron chi connectivity index (χ3n) is 14.6. The van der Waals surface area contributed by atoms with E-state index >= 15 is 0 Å². The van der Waals surface area contributed by atoms with Crippen molar-refractivity contribution in [1.29, 1.82) is 0 Å². The van der Waals surface area contributed by atoms with Crippen LogP contribution in [-0.2, 0) is 65.4 Å². The van der Waals surface area contributed by atoms with E-state index in [1.54, 1.807) is 0 Å². The van der Waals surface area contributed by atoms with Crippen molar-refractivity contribution in [3.05, 3.63) is 0 Å². The molecule has 0 saturated heterocycles. The van der Waals surface area contributed by atoms with E-state index in [0.29, 0.717) is 25.7 Å². The molecule has 0 radical (unpaired) electrons. The molecule has 0 aromatic rings. The molecule has 0 aliphatic rings. The number of aliphatic hydroxyl groups is 1. The Morgan fingerprint density at radius 2 is 0.630 bits per heavy atom. The van der Waals surface area contributed by atoms with E-state index in [4.69, 9.17) is 37.0 Å². The Morgan fingerprint density at radius 1 is 0.358 bits per heavy atom. The molecule has 0 aliphatic carbocycles. The van der Waals surface area contributed by atoms with Crippen molar-refractivity contribution < 1.29 is 80.2 Å². The minimum atomic E-state index is -4.94. The minimum absolute atomic E-state index is 0.105. The molecule has 0 amide bonds. The van der Waals surface area contributed by atoms with Crippen molar-refractivity contribution in [1.82, 2.24) is 0 Å².